The van der Waals surface area contributed by atoms with E-state index >= 15 is 0 Å². The van der Waals surface area contributed by atoms with Gasteiger partial charge >= 0.3 is 9.20 Å². The second-order valence-corrected chi connectivity index (χ2v) is 6.84. The molecule has 0 bridgehead atoms. The van der Waals surface area contributed by atoms with Crippen LogP contribution in [0.25, 0.3) is 0 Å². The third-order valence-electron chi connectivity index (χ3n) is 4.03. The smallest absolute Gasteiger partial charge is 0.219 e. The van der Waals surface area contributed by atoms with E-state index in [1.807, 2.05) is 7.11 Å². The molecule has 0 spiro atoms. The molecule has 3 heteroatoms. The molecule has 14 heavy (non-hydrogen) atoms. The lowest BCUT2D eigenvalue weighted by molar-refractivity contribution is 0.122. The second kappa shape index (κ2) is 4.77. The first kappa shape index (κ1) is 10.6. The average Bonchev–Trinajstić information content (AvgIpc) is 2.27. The van der Waals surface area contributed by atoms with Crippen LogP contribution in [-0.2, 0) is 4.43 Å². The summed E-state index contributed by atoms with van der Waals surface area (Å²) < 4.78 is 8.11. The maximum Gasteiger partial charge on any atom is 0.567 e. The summed E-state index contributed by atoms with van der Waals surface area (Å²) in [5.41, 5.74) is 0. The molecule has 2 atom stereocenters. The van der Waals surface area contributed by atoms with Gasteiger partial charge in [-0.05, 0) is 24.7 Å². The number of rotatable bonds is 2. The summed E-state index contributed by atoms with van der Waals surface area (Å²) in [5, 5.41) is 0. The molecule has 1 saturated heterocycles. The first-order valence-electron chi connectivity index (χ1n) is 5.93. The highest BCUT2D eigenvalue weighted by Gasteiger charge is 2.40. The molecule has 0 N–H and O–H groups in total. The van der Waals surface area contributed by atoms with Gasteiger partial charge in [0.1, 0.15) is 0 Å². The van der Waals surface area contributed by atoms with Gasteiger partial charge in [-0.1, -0.05) is 19.3 Å². The molecule has 2 aliphatic rings. The van der Waals surface area contributed by atoms with E-state index in [9.17, 15) is 0 Å². The Morgan fingerprint density at radius 1 is 1.14 bits per heavy atom. The molecule has 1 saturated carbocycles. The Morgan fingerprint density at radius 2 is 1.86 bits per heavy atom. The molecule has 0 aromatic carbocycles. The van der Waals surface area contributed by atoms with E-state index in [2.05, 4.69) is 11.1 Å². The highest BCUT2D eigenvalue weighted by atomic mass is 28.3. The van der Waals surface area contributed by atoms with Crippen molar-refractivity contribution < 1.29 is 4.43 Å². The largest absolute Gasteiger partial charge is 0.567 e. The van der Waals surface area contributed by atoms with E-state index in [0.29, 0.717) is 0 Å². The lowest BCUT2D eigenvalue weighted by Gasteiger charge is -2.38. The molecule has 0 amide bonds. The van der Waals surface area contributed by atoms with Crippen LogP contribution in [0.5, 0.6) is 0 Å². The van der Waals surface area contributed by atoms with E-state index < -0.39 is 9.20 Å². The molecule has 0 radical (unpaired) electrons. The molecule has 1 aliphatic carbocycles. The van der Waals surface area contributed by atoms with E-state index in [1.165, 1.54) is 45.2 Å². The van der Waals surface area contributed by atoms with E-state index in [-0.39, 0.29) is 0 Å². The molecule has 0 aromatic heterocycles. The van der Waals surface area contributed by atoms with Gasteiger partial charge in [0, 0.05) is 13.1 Å². The van der Waals surface area contributed by atoms with Crippen molar-refractivity contribution in [2.24, 2.45) is 11.8 Å². The summed E-state index contributed by atoms with van der Waals surface area (Å²) in [6, 6.07) is 0. The SMILES string of the molecule is CO[Si+](C)N1CCC2CCCCC2C1. The fourth-order valence-corrected chi connectivity index (χ4v) is 4.21. The Bertz CT molecular complexity index is 188. The van der Waals surface area contributed by atoms with Crippen LogP contribution >= 0.6 is 0 Å². The molecule has 0 aromatic rings. The third kappa shape index (κ3) is 2.20. The van der Waals surface area contributed by atoms with Gasteiger partial charge in [0.25, 0.3) is 0 Å². The van der Waals surface area contributed by atoms with Gasteiger partial charge in [0.2, 0.25) is 0 Å². The lowest BCUT2D eigenvalue weighted by atomic mass is 9.76. The predicted octanol–water partition coefficient (Wildman–Crippen LogP) is 2.26. The number of fused-ring (bicyclic) bond motifs is 1. The number of hydrogen-bond acceptors (Lipinski definition) is 2. The standard InChI is InChI=1S/C11H22NOSi/c1-13-14(2)12-8-7-10-5-3-4-6-11(10)9-12/h10-11H,3-9H2,1-2H3/q+1. The van der Waals surface area contributed by atoms with Crippen LogP contribution in [0.4, 0.5) is 0 Å². The highest BCUT2D eigenvalue weighted by Crippen LogP contribution is 2.36. The summed E-state index contributed by atoms with van der Waals surface area (Å²) in [6.45, 7) is 4.89. The maximum absolute atomic E-state index is 5.50. The Labute approximate surface area is 89.4 Å². The summed E-state index contributed by atoms with van der Waals surface area (Å²) in [6.07, 6.45) is 7.34. The molecule has 1 aliphatic heterocycles. The lowest BCUT2D eigenvalue weighted by Crippen LogP contribution is -2.48. The van der Waals surface area contributed by atoms with Gasteiger partial charge in [0.15, 0.2) is 0 Å². The zero-order chi connectivity index (χ0) is 9.97. The number of hydrogen-bond donors (Lipinski definition) is 0. The third-order valence-corrected chi connectivity index (χ3v) is 5.92. The summed E-state index contributed by atoms with van der Waals surface area (Å²) >= 11 is 0. The molecule has 2 unspecified atom stereocenters. The van der Waals surface area contributed by atoms with Crippen molar-refractivity contribution in [1.29, 1.82) is 0 Å². The van der Waals surface area contributed by atoms with Gasteiger partial charge < -0.3 is 0 Å². The molecular formula is C11H22NOSi+. The van der Waals surface area contributed by atoms with Crippen molar-refractivity contribution in [3.8, 4) is 0 Å². The minimum absolute atomic E-state index is 0.646. The fraction of sp³-hybridized carbons (Fsp3) is 1.00. The van der Waals surface area contributed by atoms with Crippen molar-refractivity contribution in [1.82, 2.24) is 4.57 Å². The molecule has 2 rings (SSSR count). The van der Waals surface area contributed by atoms with E-state index in [1.54, 1.807) is 0 Å². The van der Waals surface area contributed by atoms with Gasteiger partial charge in [-0.2, -0.15) is 4.57 Å². The normalized spacial score (nSPS) is 33.9. The summed E-state index contributed by atoms with van der Waals surface area (Å²) in [5.74, 6) is 2.04. The van der Waals surface area contributed by atoms with Crippen LogP contribution in [-0.4, -0.2) is 34.0 Å². The molecule has 2 fully saturated rings. The van der Waals surface area contributed by atoms with Crippen molar-refractivity contribution in [2.75, 3.05) is 20.2 Å². The Morgan fingerprint density at radius 3 is 2.57 bits per heavy atom. The Hall–Kier alpha value is 0.137. The van der Waals surface area contributed by atoms with Crippen LogP contribution < -0.4 is 0 Å². The monoisotopic (exact) mass is 212 g/mol. The first-order valence-corrected chi connectivity index (χ1v) is 7.79. The van der Waals surface area contributed by atoms with E-state index in [4.69, 9.17) is 4.43 Å². The summed E-state index contributed by atoms with van der Waals surface area (Å²) in [4.78, 5) is 0. The van der Waals surface area contributed by atoms with Crippen LogP contribution in [0.2, 0.25) is 6.55 Å². The topological polar surface area (TPSA) is 12.5 Å². The Kier molecular flexibility index (Phi) is 3.63. The van der Waals surface area contributed by atoms with E-state index in [0.717, 1.165) is 11.8 Å². The van der Waals surface area contributed by atoms with Gasteiger partial charge in [0.05, 0.1) is 13.7 Å². The fourth-order valence-electron chi connectivity index (χ4n) is 3.02. The first-order chi connectivity index (χ1) is 6.81. The summed E-state index contributed by atoms with van der Waals surface area (Å²) in [7, 11) is 1.22. The van der Waals surface area contributed by atoms with Gasteiger partial charge in [-0.25, -0.2) is 4.43 Å². The van der Waals surface area contributed by atoms with Crippen LogP contribution in [0.3, 0.4) is 0 Å². The Balaban J connectivity index is 1.89. The molecule has 1 heterocycles. The number of nitrogens with zero attached hydrogens (tertiary/aromatic N) is 1. The number of piperidine rings is 1. The second-order valence-electron chi connectivity index (χ2n) is 4.76. The molecule has 80 valence electrons. The van der Waals surface area contributed by atoms with Crippen LogP contribution in [0, 0.1) is 11.8 Å². The molecular weight excluding hydrogens is 190 g/mol. The van der Waals surface area contributed by atoms with Crippen molar-refractivity contribution >= 4 is 9.20 Å². The van der Waals surface area contributed by atoms with Crippen molar-refractivity contribution in [2.45, 2.75) is 38.7 Å². The minimum atomic E-state index is -0.646. The highest BCUT2D eigenvalue weighted by molar-refractivity contribution is 6.46. The maximum atomic E-state index is 5.50. The quantitative estimate of drug-likeness (QED) is 0.651. The predicted molar refractivity (Wildman–Crippen MR) is 60.3 cm³/mol. The minimum Gasteiger partial charge on any atom is -0.219 e. The van der Waals surface area contributed by atoms with Crippen LogP contribution in [0.1, 0.15) is 32.1 Å². The molecule has 2 nitrogen and oxygen atoms in total. The van der Waals surface area contributed by atoms with Gasteiger partial charge in [-0.15, -0.1) is 0 Å². The average molecular weight is 212 g/mol. The van der Waals surface area contributed by atoms with Crippen LogP contribution in [0.15, 0.2) is 0 Å². The van der Waals surface area contributed by atoms with Crippen molar-refractivity contribution in [3.63, 3.8) is 0 Å². The zero-order valence-electron chi connectivity index (χ0n) is 9.46. The zero-order valence-corrected chi connectivity index (χ0v) is 10.5. The van der Waals surface area contributed by atoms with Gasteiger partial charge in [-0.3, -0.25) is 0 Å². The van der Waals surface area contributed by atoms with Crippen molar-refractivity contribution in [3.05, 3.63) is 0 Å².